The molecule has 1 rings (SSSR count). The summed E-state index contributed by atoms with van der Waals surface area (Å²) in [6, 6.07) is 0. The fraction of sp³-hybridized carbons (Fsp3) is 0.286. The number of hydrogen-bond acceptors (Lipinski definition) is 5. The lowest BCUT2D eigenvalue weighted by molar-refractivity contribution is -0.380. The molecular formula is C7H9N3O2S. The van der Waals surface area contributed by atoms with Crippen LogP contribution in [0.4, 0.5) is 10.1 Å². The third kappa shape index (κ3) is 2.83. The SMILES string of the molecule is C=C(C)CNc1ncc([N+](=O)[O-])s1. The first-order valence-electron chi connectivity index (χ1n) is 3.58. The summed E-state index contributed by atoms with van der Waals surface area (Å²) in [6.45, 7) is 6.15. The van der Waals surface area contributed by atoms with Crippen molar-refractivity contribution in [1.82, 2.24) is 4.98 Å². The highest BCUT2D eigenvalue weighted by Crippen LogP contribution is 2.24. The van der Waals surface area contributed by atoms with E-state index in [4.69, 9.17) is 0 Å². The molecule has 1 N–H and O–H groups in total. The van der Waals surface area contributed by atoms with Gasteiger partial charge in [0.1, 0.15) is 6.20 Å². The Morgan fingerprint density at radius 2 is 2.62 bits per heavy atom. The highest BCUT2D eigenvalue weighted by molar-refractivity contribution is 7.18. The average Bonchev–Trinajstić information content (AvgIpc) is 2.48. The first-order chi connectivity index (χ1) is 6.09. The Morgan fingerprint density at radius 1 is 1.92 bits per heavy atom. The zero-order chi connectivity index (χ0) is 9.84. The molecule has 0 amide bonds. The van der Waals surface area contributed by atoms with Crippen molar-refractivity contribution in [2.24, 2.45) is 0 Å². The summed E-state index contributed by atoms with van der Waals surface area (Å²) in [5.74, 6) is 0. The van der Waals surface area contributed by atoms with Crippen LogP contribution in [0, 0.1) is 10.1 Å². The van der Waals surface area contributed by atoms with Crippen LogP contribution in [0.2, 0.25) is 0 Å². The monoisotopic (exact) mass is 199 g/mol. The van der Waals surface area contributed by atoms with E-state index < -0.39 is 4.92 Å². The van der Waals surface area contributed by atoms with Gasteiger partial charge in [-0.15, -0.1) is 0 Å². The minimum Gasteiger partial charge on any atom is -0.358 e. The van der Waals surface area contributed by atoms with E-state index in [2.05, 4.69) is 16.9 Å². The van der Waals surface area contributed by atoms with Crippen molar-refractivity contribution in [3.63, 3.8) is 0 Å². The molecule has 0 atom stereocenters. The number of nitrogens with one attached hydrogen (secondary N) is 1. The number of aromatic nitrogens is 1. The third-order valence-corrected chi connectivity index (χ3v) is 2.12. The minimum atomic E-state index is -0.455. The molecule has 0 saturated heterocycles. The predicted octanol–water partition coefficient (Wildman–Crippen LogP) is 2.04. The van der Waals surface area contributed by atoms with E-state index in [1.807, 2.05) is 6.92 Å². The fourth-order valence-electron chi connectivity index (χ4n) is 0.658. The van der Waals surface area contributed by atoms with Gasteiger partial charge in [0, 0.05) is 6.54 Å². The standard InChI is InChI=1S/C7H9N3O2S/c1-5(2)3-8-7-9-4-6(13-7)10(11)12/h4H,1,3H2,2H3,(H,8,9). The number of nitro groups is 1. The molecule has 0 saturated carbocycles. The Labute approximate surface area is 79.3 Å². The molecule has 0 aromatic carbocycles. The molecule has 0 spiro atoms. The topological polar surface area (TPSA) is 68.1 Å². The molecule has 0 bridgehead atoms. The molecule has 0 unspecified atom stereocenters. The summed E-state index contributed by atoms with van der Waals surface area (Å²) in [5.41, 5.74) is 0.956. The van der Waals surface area contributed by atoms with E-state index in [-0.39, 0.29) is 5.00 Å². The van der Waals surface area contributed by atoms with Crippen molar-refractivity contribution in [3.8, 4) is 0 Å². The molecule has 0 fully saturated rings. The summed E-state index contributed by atoms with van der Waals surface area (Å²) < 4.78 is 0. The number of anilines is 1. The van der Waals surface area contributed by atoms with Crippen LogP contribution in [-0.2, 0) is 0 Å². The van der Waals surface area contributed by atoms with Crippen molar-refractivity contribution >= 4 is 21.5 Å². The Balaban J connectivity index is 2.59. The largest absolute Gasteiger partial charge is 0.358 e. The second kappa shape index (κ2) is 3.99. The van der Waals surface area contributed by atoms with E-state index in [0.717, 1.165) is 16.9 Å². The van der Waals surface area contributed by atoms with Crippen LogP contribution in [0.3, 0.4) is 0 Å². The van der Waals surface area contributed by atoms with Gasteiger partial charge in [-0.25, -0.2) is 4.98 Å². The van der Waals surface area contributed by atoms with E-state index in [9.17, 15) is 10.1 Å². The second-order valence-electron chi connectivity index (χ2n) is 2.57. The van der Waals surface area contributed by atoms with E-state index >= 15 is 0 Å². The number of hydrogen-bond donors (Lipinski definition) is 1. The van der Waals surface area contributed by atoms with E-state index in [1.54, 1.807) is 0 Å². The average molecular weight is 199 g/mol. The number of nitrogens with zero attached hydrogens (tertiary/aromatic N) is 2. The summed E-state index contributed by atoms with van der Waals surface area (Å²) in [7, 11) is 0. The predicted molar refractivity (Wildman–Crippen MR) is 52.1 cm³/mol. The van der Waals surface area contributed by atoms with Crippen molar-refractivity contribution in [2.75, 3.05) is 11.9 Å². The van der Waals surface area contributed by atoms with Gasteiger partial charge < -0.3 is 5.32 Å². The Bertz CT molecular complexity index is 334. The van der Waals surface area contributed by atoms with E-state index in [0.29, 0.717) is 11.7 Å². The van der Waals surface area contributed by atoms with Gasteiger partial charge in [0.05, 0.1) is 4.92 Å². The Kier molecular flexibility index (Phi) is 2.97. The Hall–Kier alpha value is -1.43. The van der Waals surface area contributed by atoms with Crippen LogP contribution in [0.5, 0.6) is 0 Å². The molecule has 0 aliphatic rings. The zero-order valence-corrected chi connectivity index (χ0v) is 7.93. The van der Waals surface area contributed by atoms with Gasteiger partial charge >= 0.3 is 5.00 Å². The molecule has 13 heavy (non-hydrogen) atoms. The van der Waals surface area contributed by atoms with Crippen LogP contribution in [0.25, 0.3) is 0 Å². The number of rotatable bonds is 4. The Morgan fingerprint density at radius 3 is 3.08 bits per heavy atom. The first kappa shape index (κ1) is 9.66. The number of thiazole rings is 1. The van der Waals surface area contributed by atoms with Gasteiger partial charge in [0.2, 0.25) is 0 Å². The molecule has 0 aliphatic carbocycles. The van der Waals surface area contributed by atoms with Crippen LogP contribution < -0.4 is 5.32 Å². The van der Waals surface area contributed by atoms with Gasteiger partial charge in [0.25, 0.3) is 0 Å². The lowest BCUT2D eigenvalue weighted by Gasteiger charge is -1.98. The van der Waals surface area contributed by atoms with Crippen molar-refractivity contribution in [3.05, 3.63) is 28.5 Å². The van der Waals surface area contributed by atoms with Crippen molar-refractivity contribution in [1.29, 1.82) is 0 Å². The van der Waals surface area contributed by atoms with E-state index in [1.165, 1.54) is 6.20 Å². The van der Waals surface area contributed by atoms with Gasteiger partial charge in [0.15, 0.2) is 5.13 Å². The zero-order valence-electron chi connectivity index (χ0n) is 7.11. The van der Waals surface area contributed by atoms with Gasteiger partial charge in [-0.05, 0) is 18.3 Å². The smallest absolute Gasteiger partial charge is 0.345 e. The van der Waals surface area contributed by atoms with Crippen molar-refractivity contribution < 1.29 is 4.92 Å². The molecular weight excluding hydrogens is 190 g/mol. The molecule has 1 aromatic rings. The maximum absolute atomic E-state index is 10.3. The van der Waals surface area contributed by atoms with Crippen molar-refractivity contribution in [2.45, 2.75) is 6.92 Å². The van der Waals surface area contributed by atoms with Crippen LogP contribution in [0.1, 0.15) is 6.92 Å². The van der Waals surface area contributed by atoms with Crippen LogP contribution in [0.15, 0.2) is 18.3 Å². The van der Waals surface area contributed by atoms with Gasteiger partial charge in [-0.3, -0.25) is 10.1 Å². The third-order valence-electron chi connectivity index (χ3n) is 1.21. The normalized spacial score (nSPS) is 9.62. The lowest BCUT2D eigenvalue weighted by Crippen LogP contribution is -2.00. The first-order valence-corrected chi connectivity index (χ1v) is 4.39. The van der Waals surface area contributed by atoms with Crippen LogP contribution in [-0.4, -0.2) is 16.5 Å². The molecule has 70 valence electrons. The summed E-state index contributed by atoms with van der Waals surface area (Å²) in [4.78, 5) is 13.7. The maximum Gasteiger partial charge on any atom is 0.345 e. The quantitative estimate of drug-likeness (QED) is 0.457. The fourth-order valence-corrected chi connectivity index (χ4v) is 1.29. The summed E-state index contributed by atoms with van der Waals surface area (Å²) in [5, 5.41) is 13.8. The molecule has 1 aromatic heterocycles. The van der Waals surface area contributed by atoms with Crippen LogP contribution >= 0.6 is 11.3 Å². The maximum atomic E-state index is 10.3. The highest BCUT2D eigenvalue weighted by Gasteiger charge is 2.10. The second-order valence-corrected chi connectivity index (χ2v) is 3.58. The molecule has 5 nitrogen and oxygen atoms in total. The van der Waals surface area contributed by atoms with Gasteiger partial charge in [-0.2, -0.15) is 0 Å². The minimum absolute atomic E-state index is 0.0456. The molecule has 1 heterocycles. The highest BCUT2D eigenvalue weighted by atomic mass is 32.1. The molecule has 6 heteroatoms. The summed E-state index contributed by atoms with van der Waals surface area (Å²) in [6.07, 6.45) is 1.24. The lowest BCUT2D eigenvalue weighted by atomic mass is 10.4. The molecule has 0 aliphatic heterocycles. The van der Waals surface area contributed by atoms with Gasteiger partial charge in [-0.1, -0.05) is 12.2 Å². The summed E-state index contributed by atoms with van der Waals surface area (Å²) >= 11 is 1.02. The molecule has 0 radical (unpaired) electrons.